The molecule has 0 unspecified atom stereocenters. The molecule has 0 radical (unpaired) electrons. The molecule has 0 heterocycles. The topological polar surface area (TPSA) is 41.8 Å². The SMILES string of the molecule is CC/C=C\C(=NC)OCCC(C)(C)CCO. The number of aliphatic hydroxyl groups excluding tert-OH is 1. The van der Waals surface area contributed by atoms with Crippen LogP contribution in [0.4, 0.5) is 0 Å². The Morgan fingerprint density at radius 2 is 2.06 bits per heavy atom. The molecule has 1 N–H and O–H groups in total. The van der Waals surface area contributed by atoms with Crippen molar-refractivity contribution in [3.05, 3.63) is 12.2 Å². The summed E-state index contributed by atoms with van der Waals surface area (Å²) in [6.45, 7) is 7.23. The van der Waals surface area contributed by atoms with Gasteiger partial charge < -0.3 is 9.84 Å². The third-order valence-electron chi connectivity index (χ3n) is 2.53. The van der Waals surface area contributed by atoms with Gasteiger partial charge in [-0.05, 0) is 30.8 Å². The largest absolute Gasteiger partial charge is 0.478 e. The second-order valence-corrected chi connectivity index (χ2v) is 4.61. The molecule has 0 saturated carbocycles. The first-order chi connectivity index (χ1) is 7.55. The molecular formula is C13H25NO2. The number of nitrogens with zero attached hydrogens (tertiary/aromatic N) is 1. The van der Waals surface area contributed by atoms with E-state index in [2.05, 4.69) is 25.8 Å². The van der Waals surface area contributed by atoms with Gasteiger partial charge >= 0.3 is 0 Å². The monoisotopic (exact) mass is 227 g/mol. The van der Waals surface area contributed by atoms with Crippen LogP contribution in [-0.4, -0.2) is 31.3 Å². The van der Waals surface area contributed by atoms with Crippen LogP contribution in [0.15, 0.2) is 17.1 Å². The quantitative estimate of drug-likeness (QED) is 0.537. The minimum Gasteiger partial charge on any atom is -0.478 e. The lowest BCUT2D eigenvalue weighted by molar-refractivity contribution is 0.169. The molecule has 0 saturated heterocycles. The van der Waals surface area contributed by atoms with Crippen molar-refractivity contribution in [1.29, 1.82) is 0 Å². The third-order valence-corrected chi connectivity index (χ3v) is 2.53. The second kappa shape index (κ2) is 8.34. The van der Waals surface area contributed by atoms with Crippen molar-refractivity contribution in [3.8, 4) is 0 Å². The molecule has 0 aromatic heterocycles. The zero-order chi connectivity index (χ0) is 12.4. The van der Waals surface area contributed by atoms with Gasteiger partial charge in [-0.3, -0.25) is 4.99 Å². The van der Waals surface area contributed by atoms with E-state index in [-0.39, 0.29) is 12.0 Å². The Morgan fingerprint density at radius 1 is 1.38 bits per heavy atom. The lowest BCUT2D eigenvalue weighted by Gasteiger charge is -2.23. The molecule has 0 aliphatic rings. The van der Waals surface area contributed by atoms with E-state index in [1.165, 1.54) is 0 Å². The third kappa shape index (κ3) is 7.46. The van der Waals surface area contributed by atoms with Crippen LogP contribution in [0, 0.1) is 5.41 Å². The zero-order valence-corrected chi connectivity index (χ0v) is 11.0. The average molecular weight is 227 g/mol. The summed E-state index contributed by atoms with van der Waals surface area (Å²) in [6, 6.07) is 0. The summed E-state index contributed by atoms with van der Waals surface area (Å²) in [7, 11) is 1.73. The highest BCUT2D eigenvalue weighted by Gasteiger charge is 2.16. The van der Waals surface area contributed by atoms with Gasteiger partial charge in [0, 0.05) is 13.7 Å². The first-order valence-electron chi connectivity index (χ1n) is 5.92. The zero-order valence-electron chi connectivity index (χ0n) is 11.0. The number of ether oxygens (including phenoxy) is 1. The molecule has 0 spiro atoms. The van der Waals surface area contributed by atoms with E-state index in [1.807, 2.05) is 12.2 Å². The van der Waals surface area contributed by atoms with Crippen molar-refractivity contribution in [3.63, 3.8) is 0 Å². The molecule has 0 aromatic carbocycles. The van der Waals surface area contributed by atoms with Crippen LogP contribution in [0.5, 0.6) is 0 Å². The smallest absolute Gasteiger partial charge is 0.207 e. The molecule has 0 aliphatic heterocycles. The van der Waals surface area contributed by atoms with Gasteiger partial charge in [0.15, 0.2) is 0 Å². The molecule has 0 bridgehead atoms. The first-order valence-corrected chi connectivity index (χ1v) is 5.92. The Labute approximate surface area is 99.2 Å². The van der Waals surface area contributed by atoms with Crippen LogP contribution in [0.3, 0.4) is 0 Å². The van der Waals surface area contributed by atoms with Crippen LogP contribution in [0.1, 0.15) is 40.0 Å². The van der Waals surface area contributed by atoms with Gasteiger partial charge in [0.05, 0.1) is 6.61 Å². The minimum atomic E-state index is 0.127. The molecule has 0 aliphatic carbocycles. The maximum absolute atomic E-state index is 8.90. The van der Waals surface area contributed by atoms with Gasteiger partial charge in [-0.1, -0.05) is 26.8 Å². The fraction of sp³-hybridized carbons (Fsp3) is 0.769. The van der Waals surface area contributed by atoms with Gasteiger partial charge in [-0.2, -0.15) is 0 Å². The van der Waals surface area contributed by atoms with Crippen LogP contribution in [0.25, 0.3) is 0 Å². The molecule has 0 amide bonds. The fourth-order valence-corrected chi connectivity index (χ4v) is 1.27. The summed E-state index contributed by atoms with van der Waals surface area (Å²) in [5.74, 6) is 0.682. The van der Waals surface area contributed by atoms with E-state index < -0.39 is 0 Å². The summed E-state index contributed by atoms with van der Waals surface area (Å²) in [4.78, 5) is 4.05. The van der Waals surface area contributed by atoms with Crippen molar-refractivity contribution in [2.75, 3.05) is 20.3 Å². The molecule has 0 fully saturated rings. The summed E-state index contributed by atoms with van der Waals surface area (Å²) in [5.41, 5.74) is 0.127. The Hall–Kier alpha value is -0.830. The van der Waals surface area contributed by atoms with E-state index in [1.54, 1.807) is 7.05 Å². The van der Waals surface area contributed by atoms with E-state index in [4.69, 9.17) is 9.84 Å². The summed E-state index contributed by atoms with van der Waals surface area (Å²) < 4.78 is 5.56. The van der Waals surface area contributed by atoms with Crippen molar-refractivity contribution in [1.82, 2.24) is 0 Å². The summed E-state index contributed by atoms with van der Waals surface area (Å²) >= 11 is 0. The van der Waals surface area contributed by atoms with Crippen LogP contribution >= 0.6 is 0 Å². The predicted molar refractivity (Wildman–Crippen MR) is 68.8 cm³/mol. The van der Waals surface area contributed by atoms with Gasteiger partial charge in [-0.15, -0.1) is 0 Å². The van der Waals surface area contributed by atoms with E-state index in [0.717, 1.165) is 19.3 Å². The lowest BCUT2D eigenvalue weighted by atomic mass is 9.86. The highest BCUT2D eigenvalue weighted by molar-refractivity contribution is 5.87. The normalized spacial score (nSPS) is 13.4. The van der Waals surface area contributed by atoms with Crippen molar-refractivity contribution >= 4 is 5.90 Å². The molecule has 3 nitrogen and oxygen atoms in total. The van der Waals surface area contributed by atoms with Crippen molar-refractivity contribution in [2.45, 2.75) is 40.0 Å². The number of aliphatic hydroxyl groups is 1. The number of aliphatic imine (C=N–C) groups is 1. The standard InChI is InChI=1S/C13H25NO2/c1-5-6-7-12(14-4)16-11-9-13(2,3)8-10-15/h6-7,15H,5,8-11H2,1-4H3/b7-6-,14-12?. The van der Waals surface area contributed by atoms with E-state index >= 15 is 0 Å². The van der Waals surface area contributed by atoms with Gasteiger partial charge in [0.1, 0.15) is 0 Å². The summed E-state index contributed by atoms with van der Waals surface area (Å²) in [5, 5.41) is 8.90. The van der Waals surface area contributed by atoms with Gasteiger partial charge in [0.25, 0.3) is 0 Å². The maximum Gasteiger partial charge on any atom is 0.207 e. The molecule has 3 heteroatoms. The van der Waals surface area contributed by atoms with Gasteiger partial charge in [0.2, 0.25) is 5.90 Å². The number of rotatable bonds is 7. The number of hydrogen-bond donors (Lipinski definition) is 1. The first kappa shape index (κ1) is 15.2. The van der Waals surface area contributed by atoms with Crippen molar-refractivity contribution < 1.29 is 9.84 Å². The molecular weight excluding hydrogens is 202 g/mol. The Bertz CT molecular complexity index is 232. The minimum absolute atomic E-state index is 0.127. The van der Waals surface area contributed by atoms with E-state index in [0.29, 0.717) is 12.5 Å². The maximum atomic E-state index is 8.90. The summed E-state index contributed by atoms with van der Waals surface area (Å²) in [6.07, 6.45) is 6.64. The van der Waals surface area contributed by atoms with Gasteiger partial charge in [-0.25, -0.2) is 0 Å². The lowest BCUT2D eigenvalue weighted by Crippen LogP contribution is -2.17. The molecule has 0 rings (SSSR count). The molecule has 94 valence electrons. The highest BCUT2D eigenvalue weighted by Crippen LogP contribution is 2.24. The molecule has 0 aromatic rings. The number of allylic oxidation sites excluding steroid dienone is 1. The van der Waals surface area contributed by atoms with Crippen LogP contribution in [-0.2, 0) is 4.74 Å². The predicted octanol–water partition coefficient (Wildman–Crippen LogP) is 2.80. The highest BCUT2D eigenvalue weighted by atomic mass is 16.5. The van der Waals surface area contributed by atoms with Crippen LogP contribution in [0.2, 0.25) is 0 Å². The Balaban J connectivity index is 3.91. The Kier molecular flexibility index (Phi) is 7.90. The van der Waals surface area contributed by atoms with Crippen LogP contribution < -0.4 is 0 Å². The molecule has 16 heavy (non-hydrogen) atoms. The van der Waals surface area contributed by atoms with Crippen molar-refractivity contribution in [2.24, 2.45) is 10.4 Å². The fourth-order valence-electron chi connectivity index (χ4n) is 1.27. The Morgan fingerprint density at radius 3 is 2.56 bits per heavy atom. The number of hydrogen-bond acceptors (Lipinski definition) is 3. The molecule has 0 atom stereocenters. The second-order valence-electron chi connectivity index (χ2n) is 4.61. The average Bonchev–Trinajstić information content (AvgIpc) is 2.22. The van der Waals surface area contributed by atoms with E-state index in [9.17, 15) is 0 Å².